The lowest BCUT2D eigenvalue weighted by atomic mass is 10.1. The van der Waals surface area contributed by atoms with Crippen LogP contribution in [0.1, 0.15) is 43.5 Å². The van der Waals surface area contributed by atoms with Gasteiger partial charge in [0.1, 0.15) is 0 Å². The molecule has 0 radical (unpaired) electrons. The zero-order valence-electron chi connectivity index (χ0n) is 13.0. The number of likely N-dealkylation sites (tertiary alicyclic amines) is 1. The molecule has 1 aromatic rings. The normalized spacial score (nSPS) is 21.7. The first kappa shape index (κ1) is 16.5. The molecule has 5 heteroatoms. The number of esters is 1. The summed E-state index contributed by atoms with van der Waals surface area (Å²) in [6.07, 6.45) is 3.96. The van der Waals surface area contributed by atoms with Crippen molar-refractivity contribution in [2.24, 2.45) is 0 Å². The van der Waals surface area contributed by atoms with Gasteiger partial charge in [0, 0.05) is 10.9 Å². The van der Waals surface area contributed by atoms with Gasteiger partial charge in [0.15, 0.2) is 0 Å². The average molecular weight is 310 g/mol. The Bertz CT molecular complexity index is 422. The number of ether oxygens (including phenoxy) is 1. The lowest BCUT2D eigenvalue weighted by Gasteiger charge is -2.24. The maximum Gasteiger partial charge on any atom is 0.307 e. The van der Waals surface area contributed by atoms with Gasteiger partial charge in [-0.25, -0.2) is 0 Å². The van der Waals surface area contributed by atoms with Crippen LogP contribution in [0, 0.1) is 0 Å². The van der Waals surface area contributed by atoms with Gasteiger partial charge in [0.2, 0.25) is 0 Å². The number of thiophene rings is 1. The van der Waals surface area contributed by atoms with Crippen molar-refractivity contribution in [3.8, 4) is 0 Å². The van der Waals surface area contributed by atoms with Crippen LogP contribution in [0.5, 0.6) is 0 Å². The third kappa shape index (κ3) is 5.09. The summed E-state index contributed by atoms with van der Waals surface area (Å²) in [7, 11) is 1.46. The number of nitrogens with zero attached hydrogens (tertiary/aromatic N) is 1. The minimum Gasteiger partial charge on any atom is -0.469 e. The third-order valence-corrected chi connectivity index (χ3v) is 5.18. The van der Waals surface area contributed by atoms with E-state index in [4.69, 9.17) is 4.74 Å². The molecule has 1 aliphatic rings. The first-order valence-corrected chi connectivity index (χ1v) is 8.69. The molecule has 21 heavy (non-hydrogen) atoms. The molecule has 4 nitrogen and oxygen atoms in total. The molecule has 0 aromatic carbocycles. The second kappa shape index (κ2) is 8.51. The van der Waals surface area contributed by atoms with Crippen LogP contribution < -0.4 is 5.32 Å². The summed E-state index contributed by atoms with van der Waals surface area (Å²) < 4.78 is 4.84. The van der Waals surface area contributed by atoms with Crippen LogP contribution in [0.2, 0.25) is 0 Å². The summed E-state index contributed by atoms with van der Waals surface area (Å²) in [6, 6.07) is 4.70. The van der Waals surface area contributed by atoms with Crippen molar-refractivity contribution in [3.05, 3.63) is 22.4 Å². The van der Waals surface area contributed by atoms with Gasteiger partial charge in [-0.3, -0.25) is 4.79 Å². The monoisotopic (exact) mass is 310 g/mol. The van der Waals surface area contributed by atoms with Gasteiger partial charge in [-0.2, -0.15) is 0 Å². The third-order valence-electron chi connectivity index (χ3n) is 4.19. The predicted octanol–water partition coefficient (Wildman–Crippen LogP) is 2.82. The van der Waals surface area contributed by atoms with Crippen molar-refractivity contribution >= 4 is 17.3 Å². The molecule has 0 aliphatic carbocycles. The maximum absolute atomic E-state index is 11.7. The predicted molar refractivity (Wildman–Crippen MR) is 86.6 cm³/mol. The Morgan fingerprint density at radius 1 is 1.52 bits per heavy atom. The quantitative estimate of drug-likeness (QED) is 0.820. The second-order valence-corrected chi connectivity index (χ2v) is 6.56. The van der Waals surface area contributed by atoms with Gasteiger partial charge in [-0.15, -0.1) is 11.3 Å². The van der Waals surface area contributed by atoms with Crippen LogP contribution in [-0.2, 0) is 9.53 Å². The van der Waals surface area contributed by atoms with E-state index in [2.05, 4.69) is 28.6 Å². The first-order chi connectivity index (χ1) is 10.2. The van der Waals surface area contributed by atoms with Gasteiger partial charge in [0.25, 0.3) is 0 Å². The van der Waals surface area contributed by atoms with Crippen LogP contribution in [-0.4, -0.2) is 43.7 Å². The van der Waals surface area contributed by atoms with Crippen molar-refractivity contribution in [2.75, 3.05) is 26.7 Å². The lowest BCUT2D eigenvalue weighted by Crippen LogP contribution is -2.35. The van der Waals surface area contributed by atoms with Crippen molar-refractivity contribution < 1.29 is 9.53 Å². The van der Waals surface area contributed by atoms with Crippen LogP contribution in [0.25, 0.3) is 0 Å². The molecule has 0 amide bonds. The first-order valence-electron chi connectivity index (χ1n) is 7.81. The van der Waals surface area contributed by atoms with E-state index in [1.807, 2.05) is 6.07 Å². The molecule has 2 atom stereocenters. The van der Waals surface area contributed by atoms with Gasteiger partial charge in [0.05, 0.1) is 19.6 Å². The largest absolute Gasteiger partial charge is 0.469 e. The van der Waals surface area contributed by atoms with E-state index >= 15 is 0 Å². The molecule has 0 saturated carbocycles. The van der Waals surface area contributed by atoms with Crippen LogP contribution in [0.3, 0.4) is 0 Å². The Labute approximate surface area is 131 Å². The smallest absolute Gasteiger partial charge is 0.307 e. The van der Waals surface area contributed by atoms with Crippen molar-refractivity contribution in [1.29, 1.82) is 0 Å². The summed E-state index contributed by atoms with van der Waals surface area (Å²) in [5.41, 5.74) is 0. The summed E-state index contributed by atoms with van der Waals surface area (Å²) in [5.74, 6) is -0.148. The Kier molecular flexibility index (Phi) is 6.67. The molecule has 1 saturated heterocycles. The van der Waals surface area contributed by atoms with Crippen molar-refractivity contribution in [1.82, 2.24) is 10.2 Å². The van der Waals surface area contributed by atoms with E-state index in [-0.39, 0.29) is 12.0 Å². The molecular weight excluding hydrogens is 284 g/mol. The topological polar surface area (TPSA) is 41.6 Å². The Hall–Kier alpha value is -0.910. The SMILES string of the molecule is CCN1CCCC(NC(CC(=O)OC)c2cccs2)CC1. The highest BCUT2D eigenvalue weighted by Gasteiger charge is 2.23. The van der Waals surface area contributed by atoms with Crippen molar-refractivity contribution in [2.45, 2.75) is 44.7 Å². The molecule has 1 aliphatic heterocycles. The zero-order valence-corrected chi connectivity index (χ0v) is 13.8. The molecule has 1 fully saturated rings. The summed E-state index contributed by atoms with van der Waals surface area (Å²) in [5, 5.41) is 5.75. The highest BCUT2D eigenvalue weighted by molar-refractivity contribution is 7.10. The van der Waals surface area contributed by atoms with E-state index in [0.717, 1.165) is 19.5 Å². The molecule has 0 spiro atoms. The number of carbonyl (C=O) groups excluding carboxylic acids is 1. The standard InChI is InChI=1S/C16H26N2O2S/c1-3-18-9-4-6-13(8-10-18)17-14(12-16(19)20-2)15-7-5-11-21-15/h5,7,11,13-14,17H,3-4,6,8-10,12H2,1-2H3. The minimum absolute atomic E-state index is 0.0793. The number of carbonyl (C=O) groups is 1. The molecule has 2 unspecified atom stereocenters. The summed E-state index contributed by atoms with van der Waals surface area (Å²) in [6.45, 7) is 5.68. The fraction of sp³-hybridized carbons (Fsp3) is 0.688. The molecule has 2 rings (SSSR count). The van der Waals surface area contributed by atoms with Gasteiger partial charge < -0.3 is 15.0 Å². The highest BCUT2D eigenvalue weighted by atomic mass is 32.1. The molecule has 118 valence electrons. The van der Waals surface area contributed by atoms with E-state index in [9.17, 15) is 4.79 Å². The summed E-state index contributed by atoms with van der Waals surface area (Å²) in [4.78, 5) is 15.4. The van der Waals surface area contributed by atoms with E-state index in [1.165, 1.54) is 31.4 Å². The van der Waals surface area contributed by atoms with Gasteiger partial charge >= 0.3 is 5.97 Å². The fourth-order valence-corrected chi connectivity index (χ4v) is 3.69. The van der Waals surface area contributed by atoms with Gasteiger partial charge in [-0.05, 0) is 50.3 Å². The fourth-order valence-electron chi connectivity index (χ4n) is 2.90. The second-order valence-electron chi connectivity index (χ2n) is 5.58. The average Bonchev–Trinajstić information content (AvgIpc) is 2.94. The molecule has 0 bridgehead atoms. The highest BCUT2D eigenvalue weighted by Crippen LogP contribution is 2.25. The zero-order chi connectivity index (χ0) is 15.1. The van der Waals surface area contributed by atoms with E-state index < -0.39 is 0 Å². The van der Waals surface area contributed by atoms with E-state index in [1.54, 1.807) is 11.3 Å². The van der Waals surface area contributed by atoms with E-state index in [0.29, 0.717) is 12.5 Å². The Morgan fingerprint density at radius 3 is 3.05 bits per heavy atom. The Morgan fingerprint density at radius 2 is 2.38 bits per heavy atom. The summed E-state index contributed by atoms with van der Waals surface area (Å²) >= 11 is 1.70. The molecule has 1 aromatic heterocycles. The number of hydrogen-bond acceptors (Lipinski definition) is 5. The van der Waals surface area contributed by atoms with Crippen molar-refractivity contribution in [3.63, 3.8) is 0 Å². The van der Waals surface area contributed by atoms with Gasteiger partial charge in [-0.1, -0.05) is 13.0 Å². The Balaban J connectivity index is 1.96. The minimum atomic E-state index is -0.148. The maximum atomic E-state index is 11.7. The number of methoxy groups -OCH3 is 1. The lowest BCUT2D eigenvalue weighted by molar-refractivity contribution is -0.141. The van der Waals surface area contributed by atoms with Crippen LogP contribution in [0.4, 0.5) is 0 Å². The number of hydrogen-bond donors (Lipinski definition) is 1. The number of nitrogens with one attached hydrogen (secondary N) is 1. The molecule has 2 heterocycles. The molecular formula is C16H26N2O2S. The van der Waals surface area contributed by atoms with Crippen LogP contribution in [0.15, 0.2) is 17.5 Å². The van der Waals surface area contributed by atoms with Crippen LogP contribution >= 0.6 is 11.3 Å². The molecule has 1 N–H and O–H groups in total. The number of rotatable bonds is 6.